The van der Waals surface area contributed by atoms with Crippen molar-refractivity contribution in [3.8, 4) is 0 Å². The molecule has 1 nitrogen and oxygen atoms in total. The maximum absolute atomic E-state index is 13.0. The summed E-state index contributed by atoms with van der Waals surface area (Å²) in [6.07, 6.45) is 0. The average Bonchev–Trinajstić information content (AvgIpc) is 2.66. The average molecular weight is 300 g/mol. The minimum absolute atomic E-state index is 0.208. The van der Waals surface area contributed by atoms with Crippen molar-refractivity contribution in [1.29, 1.82) is 0 Å². The van der Waals surface area contributed by atoms with Gasteiger partial charge in [0.1, 0.15) is 5.82 Å². The first-order valence-electron chi connectivity index (χ1n) is 4.88. The van der Waals surface area contributed by atoms with Gasteiger partial charge in [0, 0.05) is 27.0 Å². The predicted octanol–water partition coefficient (Wildman–Crippen LogP) is 4.57. The third kappa shape index (κ3) is 2.83. The molecule has 0 fully saturated rings. The summed E-state index contributed by atoms with van der Waals surface area (Å²) in [7, 11) is 0. The summed E-state index contributed by atoms with van der Waals surface area (Å²) in [6, 6.07) is 6.84. The smallest absolute Gasteiger partial charge is 0.125 e. The molecule has 0 aliphatic heterocycles. The van der Waals surface area contributed by atoms with Crippen molar-refractivity contribution < 1.29 is 4.39 Å². The van der Waals surface area contributed by atoms with E-state index in [1.54, 1.807) is 17.4 Å². The molecular formula is C12H11BrFNS. The van der Waals surface area contributed by atoms with Crippen LogP contribution in [0.5, 0.6) is 0 Å². The lowest BCUT2D eigenvalue weighted by molar-refractivity contribution is 0.628. The first kappa shape index (κ1) is 11.6. The molecule has 16 heavy (non-hydrogen) atoms. The van der Waals surface area contributed by atoms with E-state index in [0.717, 1.165) is 22.3 Å². The molecule has 1 heterocycles. The van der Waals surface area contributed by atoms with Crippen LogP contribution in [-0.4, -0.2) is 0 Å². The standard InChI is InChI=1S/C12H11BrFNS/c1-8-2-3-10(14)5-12(8)15-6-11-4-9(13)7-16-11/h2-5,7,15H,6H2,1H3. The molecule has 1 aromatic carbocycles. The van der Waals surface area contributed by atoms with Crippen LogP contribution in [0.2, 0.25) is 0 Å². The fraction of sp³-hybridized carbons (Fsp3) is 0.167. The monoisotopic (exact) mass is 299 g/mol. The summed E-state index contributed by atoms with van der Waals surface area (Å²) < 4.78 is 14.1. The highest BCUT2D eigenvalue weighted by Gasteiger charge is 2.01. The Labute approximate surface area is 106 Å². The van der Waals surface area contributed by atoms with Crippen molar-refractivity contribution >= 4 is 33.0 Å². The zero-order valence-electron chi connectivity index (χ0n) is 8.76. The number of benzene rings is 1. The molecule has 0 unspecified atom stereocenters. The van der Waals surface area contributed by atoms with E-state index in [4.69, 9.17) is 0 Å². The van der Waals surface area contributed by atoms with Gasteiger partial charge in [0.05, 0.1) is 0 Å². The van der Waals surface area contributed by atoms with Crippen molar-refractivity contribution in [1.82, 2.24) is 0 Å². The van der Waals surface area contributed by atoms with Gasteiger partial charge in [-0.1, -0.05) is 6.07 Å². The second-order valence-corrected chi connectivity index (χ2v) is 5.46. The van der Waals surface area contributed by atoms with Crippen molar-refractivity contribution in [3.05, 3.63) is 50.4 Å². The zero-order valence-corrected chi connectivity index (χ0v) is 11.2. The summed E-state index contributed by atoms with van der Waals surface area (Å²) in [6.45, 7) is 2.69. The summed E-state index contributed by atoms with van der Waals surface area (Å²) in [5.74, 6) is -0.208. The van der Waals surface area contributed by atoms with Crippen LogP contribution in [0.15, 0.2) is 34.1 Å². The van der Waals surface area contributed by atoms with Crippen LogP contribution in [0.4, 0.5) is 10.1 Å². The van der Waals surface area contributed by atoms with Gasteiger partial charge in [0.15, 0.2) is 0 Å². The molecular weight excluding hydrogens is 289 g/mol. The van der Waals surface area contributed by atoms with Crippen molar-refractivity contribution in [3.63, 3.8) is 0 Å². The highest BCUT2D eigenvalue weighted by Crippen LogP contribution is 2.22. The molecule has 84 valence electrons. The Morgan fingerprint density at radius 1 is 1.38 bits per heavy atom. The van der Waals surface area contributed by atoms with Gasteiger partial charge < -0.3 is 5.32 Å². The lowest BCUT2D eigenvalue weighted by atomic mass is 10.2. The van der Waals surface area contributed by atoms with Crippen LogP contribution in [0.25, 0.3) is 0 Å². The number of halogens is 2. The zero-order chi connectivity index (χ0) is 11.5. The van der Waals surface area contributed by atoms with E-state index >= 15 is 0 Å². The van der Waals surface area contributed by atoms with E-state index in [1.807, 2.05) is 12.3 Å². The Balaban J connectivity index is 2.07. The van der Waals surface area contributed by atoms with Crippen molar-refractivity contribution in [2.75, 3.05) is 5.32 Å². The fourth-order valence-electron chi connectivity index (χ4n) is 1.41. The quantitative estimate of drug-likeness (QED) is 0.875. The summed E-state index contributed by atoms with van der Waals surface area (Å²) in [5.41, 5.74) is 1.90. The molecule has 0 aliphatic rings. The molecule has 0 amide bonds. The maximum atomic E-state index is 13.0. The van der Waals surface area contributed by atoms with E-state index in [9.17, 15) is 4.39 Å². The lowest BCUT2D eigenvalue weighted by Crippen LogP contribution is -1.99. The fourth-order valence-corrected chi connectivity index (χ4v) is 2.80. The third-order valence-corrected chi connectivity index (χ3v) is 3.97. The number of nitrogens with one attached hydrogen (secondary N) is 1. The van der Waals surface area contributed by atoms with Crippen LogP contribution < -0.4 is 5.32 Å². The van der Waals surface area contributed by atoms with E-state index < -0.39 is 0 Å². The number of hydrogen-bond donors (Lipinski definition) is 1. The van der Waals surface area contributed by atoms with Crippen LogP contribution in [-0.2, 0) is 6.54 Å². The van der Waals surface area contributed by atoms with Crippen LogP contribution in [0.3, 0.4) is 0 Å². The van der Waals surface area contributed by atoms with Gasteiger partial charge in [-0.2, -0.15) is 0 Å². The summed E-state index contributed by atoms with van der Waals surface area (Å²) in [4.78, 5) is 1.22. The number of anilines is 1. The summed E-state index contributed by atoms with van der Waals surface area (Å²) in [5, 5.41) is 5.27. The van der Waals surface area contributed by atoms with Crippen LogP contribution in [0, 0.1) is 12.7 Å². The first-order valence-corrected chi connectivity index (χ1v) is 6.55. The lowest BCUT2D eigenvalue weighted by Gasteiger charge is -2.08. The highest BCUT2D eigenvalue weighted by molar-refractivity contribution is 9.10. The Morgan fingerprint density at radius 3 is 2.88 bits per heavy atom. The van der Waals surface area contributed by atoms with E-state index in [0.29, 0.717) is 0 Å². The minimum Gasteiger partial charge on any atom is -0.380 e. The highest BCUT2D eigenvalue weighted by atomic mass is 79.9. The molecule has 0 radical (unpaired) electrons. The first-order chi connectivity index (χ1) is 7.65. The van der Waals surface area contributed by atoms with Crippen molar-refractivity contribution in [2.24, 2.45) is 0 Å². The molecule has 4 heteroatoms. The number of hydrogen-bond acceptors (Lipinski definition) is 2. The Morgan fingerprint density at radius 2 is 2.19 bits per heavy atom. The molecule has 1 N–H and O–H groups in total. The second kappa shape index (κ2) is 4.97. The number of aryl methyl sites for hydroxylation is 1. The second-order valence-electron chi connectivity index (χ2n) is 3.54. The molecule has 0 spiro atoms. The van der Waals surface area contributed by atoms with Crippen LogP contribution >= 0.6 is 27.3 Å². The van der Waals surface area contributed by atoms with Gasteiger partial charge >= 0.3 is 0 Å². The molecule has 0 bridgehead atoms. The summed E-state index contributed by atoms with van der Waals surface area (Å²) >= 11 is 5.08. The van der Waals surface area contributed by atoms with Crippen LogP contribution in [0.1, 0.15) is 10.4 Å². The predicted molar refractivity (Wildman–Crippen MR) is 70.5 cm³/mol. The molecule has 2 rings (SSSR count). The Hall–Kier alpha value is -0.870. The molecule has 2 aromatic rings. The molecule has 0 saturated heterocycles. The molecule has 0 saturated carbocycles. The van der Waals surface area contributed by atoms with Gasteiger partial charge in [-0.3, -0.25) is 0 Å². The largest absolute Gasteiger partial charge is 0.380 e. The van der Waals surface area contributed by atoms with Gasteiger partial charge in [-0.05, 0) is 46.6 Å². The van der Waals surface area contributed by atoms with Gasteiger partial charge in [-0.25, -0.2) is 4.39 Å². The van der Waals surface area contributed by atoms with E-state index in [1.165, 1.54) is 17.0 Å². The normalized spacial score (nSPS) is 10.4. The molecule has 0 atom stereocenters. The third-order valence-electron chi connectivity index (χ3n) is 2.27. The molecule has 1 aromatic heterocycles. The minimum atomic E-state index is -0.208. The Bertz CT molecular complexity index is 496. The topological polar surface area (TPSA) is 12.0 Å². The van der Waals surface area contributed by atoms with Gasteiger partial charge in [-0.15, -0.1) is 11.3 Å². The van der Waals surface area contributed by atoms with E-state index in [2.05, 4.69) is 27.3 Å². The maximum Gasteiger partial charge on any atom is 0.125 e. The van der Waals surface area contributed by atoms with Gasteiger partial charge in [0.2, 0.25) is 0 Å². The molecule has 0 aliphatic carbocycles. The SMILES string of the molecule is Cc1ccc(F)cc1NCc1cc(Br)cs1. The van der Waals surface area contributed by atoms with Crippen molar-refractivity contribution in [2.45, 2.75) is 13.5 Å². The number of rotatable bonds is 3. The Kier molecular flexibility index (Phi) is 3.61. The van der Waals surface area contributed by atoms with E-state index in [-0.39, 0.29) is 5.82 Å². The van der Waals surface area contributed by atoms with Gasteiger partial charge in [0.25, 0.3) is 0 Å². The number of thiophene rings is 1.